The summed E-state index contributed by atoms with van der Waals surface area (Å²) in [6.07, 6.45) is -3.77. The first kappa shape index (κ1) is 12.8. The van der Waals surface area contributed by atoms with Gasteiger partial charge in [0.15, 0.2) is 0 Å². The second-order valence-electron chi connectivity index (χ2n) is 2.75. The van der Waals surface area contributed by atoms with Crippen LogP contribution in [0.2, 0.25) is 0 Å². The van der Waals surface area contributed by atoms with Crippen molar-refractivity contribution in [1.29, 1.82) is 0 Å². The molecule has 0 radical (unpaired) electrons. The second kappa shape index (κ2) is 3.97. The third-order valence-electron chi connectivity index (χ3n) is 1.63. The molecular formula is C8H3ClF5NO. The van der Waals surface area contributed by atoms with Crippen molar-refractivity contribution in [1.82, 2.24) is 4.98 Å². The molecule has 0 amide bonds. The van der Waals surface area contributed by atoms with Crippen molar-refractivity contribution < 1.29 is 26.7 Å². The predicted molar refractivity (Wildman–Crippen MR) is 44.4 cm³/mol. The van der Waals surface area contributed by atoms with Crippen LogP contribution in [0, 0.1) is 0 Å². The van der Waals surface area contributed by atoms with Crippen LogP contribution in [0.4, 0.5) is 22.0 Å². The van der Waals surface area contributed by atoms with Gasteiger partial charge in [-0.3, -0.25) is 9.78 Å². The number of Topliss-reactive ketones (excluding diaryl/α,β-unsaturated/α-hetero) is 1. The lowest BCUT2D eigenvalue weighted by molar-refractivity contribution is -0.138. The van der Waals surface area contributed by atoms with Crippen molar-refractivity contribution >= 4 is 17.4 Å². The summed E-state index contributed by atoms with van der Waals surface area (Å²) in [7, 11) is 0. The van der Waals surface area contributed by atoms with Gasteiger partial charge in [-0.2, -0.15) is 22.0 Å². The van der Waals surface area contributed by atoms with E-state index in [0.717, 1.165) is 6.20 Å². The molecule has 1 heterocycles. The van der Waals surface area contributed by atoms with Gasteiger partial charge >= 0.3 is 11.6 Å². The van der Waals surface area contributed by atoms with Gasteiger partial charge in [0, 0.05) is 12.4 Å². The average molecular weight is 260 g/mol. The molecule has 0 saturated heterocycles. The van der Waals surface area contributed by atoms with E-state index in [9.17, 15) is 26.7 Å². The summed E-state index contributed by atoms with van der Waals surface area (Å²) < 4.78 is 61.8. The molecule has 8 heteroatoms. The largest absolute Gasteiger partial charge is 0.417 e. The normalized spacial score (nSPS) is 12.6. The Hall–Kier alpha value is -1.24. The van der Waals surface area contributed by atoms with Crippen LogP contribution in [0.1, 0.15) is 15.9 Å². The zero-order valence-electron chi connectivity index (χ0n) is 7.36. The number of hydrogen-bond acceptors (Lipinski definition) is 2. The Morgan fingerprint density at radius 1 is 1.25 bits per heavy atom. The van der Waals surface area contributed by atoms with Gasteiger partial charge in [-0.05, 0) is 17.7 Å². The van der Waals surface area contributed by atoms with Crippen molar-refractivity contribution in [3.63, 3.8) is 0 Å². The number of carbonyl (C=O) groups is 1. The van der Waals surface area contributed by atoms with E-state index in [1.165, 1.54) is 0 Å². The molecule has 0 spiro atoms. The molecule has 1 aromatic rings. The molecule has 2 nitrogen and oxygen atoms in total. The zero-order chi connectivity index (χ0) is 12.6. The Balaban J connectivity index is 3.31. The highest BCUT2D eigenvalue weighted by atomic mass is 35.5. The quantitative estimate of drug-likeness (QED) is 0.464. The third kappa shape index (κ3) is 2.66. The van der Waals surface area contributed by atoms with Crippen LogP contribution in [0.15, 0.2) is 18.5 Å². The van der Waals surface area contributed by atoms with E-state index < -0.39 is 28.5 Å². The van der Waals surface area contributed by atoms with E-state index in [4.69, 9.17) is 0 Å². The van der Waals surface area contributed by atoms with E-state index in [-0.39, 0.29) is 0 Å². The number of halogens is 6. The van der Waals surface area contributed by atoms with Crippen LogP contribution >= 0.6 is 11.6 Å². The number of pyridine rings is 1. The Kier molecular flexibility index (Phi) is 3.18. The minimum absolute atomic E-state index is 0.404. The molecular weight excluding hydrogens is 257 g/mol. The van der Waals surface area contributed by atoms with E-state index in [1.807, 2.05) is 0 Å². The topological polar surface area (TPSA) is 30.0 Å². The predicted octanol–water partition coefficient (Wildman–Crippen LogP) is 3.11. The Bertz CT molecular complexity index is 412. The third-order valence-corrected chi connectivity index (χ3v) is 1.80. The molecule has 0 aliphatic rings. The number of aromatic nitrogens is 1. The van der Waals surface area contributed by atoms with Crippen molar-refractivity contribution in [2.75, 3.05) is 0 Å². The van der Waals surface area contributed by atoms with Gasteiger partial charge in [0.1, 0.15) is 0 Å². The molecule has 0 saturated carbocycles. The molecule has 0 aliphatic heterocycles. The second-order valence-corrected chi connectivity index (χ2v) is 3.22. The molecule has 16 heavy (non-hydrogen) atoms. The lowest BCUT2D eigenvalue weighted by Crippen LogP contribution is -2.25. The highest BCUT2D eigenvalue weighted by molar-refractivity contribution is 6.35. The smallest absolute Gasteiger partial charge is 0.286 e. The molecule has 0 N–H and O–H groups in total. The summed E-state index contributed by atoms with van der Waals surface area (Å²) in [5.74, 6) is -2.13. The zero-order valence-corrected chi connectivity index (χ0v) is 8.11. The van der Waals surface area contributed by atoms with E-state index in [2.05, 4.69) is 16.6 Å². The maximum Gasteiger partial charge on any atom is 0.417 e. The Morgan fingerprint density at radius 2 is 1.81 bits per heavy atom. The van der Waals surface area contributed by atoms with Crippen molar-refractivity contribution in [2.45, 2.75) is 11.6 Å². The summed E-state index contributed by atoms with van der Waals surface area (Å²) in [5, 5.41) is -4.39. The van der Waals surface area contributed by atoms with Gasteiger partial charge in [-0.15, -0.1) is 0 Å². The van der Waals surface area contributed by atoms with Crippen LogP contribution < -0.4 is 0 Å². The number of hydrogen-bond donors (Lipinski definition) is 0. The van der Waals surface area contributed by atoms with Crippen molar-refractivity contribution in [2.24, 2.45) is 0 Å². The van der Waals surface area contributed by atoms with Crippen molar-refractivity contribution in [3.8, 4) is 0 Å². The monoisotopic (exact) mass is 259 g/mol. The lowest BCUT2D eigenvalue weighted by Gasteiger charge is -2.12. The van der Waals surface area contributed by atoms with Gasteiger partial charge in [0.25, 0.3) is 0 Å². The van der Waals surface area contributed by atoms with Crippen LogP contribution in [0.3, 0.4) is 0 Å². The molecule has 1 aromatic heterocycles. The molecule has 0 aliphatic carbocycles. The van der Waals surface area contributed by atoms with Crippen LogP contribution in [0.5, 0.6) is 0 Å². The average Bonchev–Trinajstić information content (AvgIpc) is 2.14. The molecule has 0 aromatic carbocycles. The molecule has 0 atom stereocenters. The van der Waals surface area contributed by atoms with Gasteiger partial charge < -0.3 is 0 Å². The highest BCUT2D eigenvalue weighted by Gasteiger charge is 2.43. The minimum atomic E-state index is -4.92. The fraction of sp³-hybridized carbons (Fsp3) is 0.250. The van der Waals surface area contributed by atoms with Gasteiger partial charge in [-0.1, -0.05) is 0 Å². The highest BCUT2D eigenvalue weighted by Crippen LogP contribution is 2.34. The van der Waals surface area contributed by atoms with Gasteiger partial charge in [0.2, 0.25) is 5.78 Å². The Labute approximate surface area is 91.0 Å². The number of rotatable bonds is 2. The number of nitrogens with zero attached hydrogens (tertiary/aromatic N) is 1. The number of ketones is 1. The number of carbonyl (C=O) groups excluding carboxylic acids is 1. The van der Waals surface area contributed by atoms with Crippen LogP contribution in [0.25, 0.3) is 0 Å². The summed E-state index contributed by atoms with van der Waals surface area (Å²) in [6.45, 7) is 0. The fourth-order valence-corrected chi connectivity index (χ4v) is 1.08. The molecule has 0 unspecified atom stereocenters. The van der Waals surface area contributed by atoms with Crippen LogP contribution in [-0.4, -0.2) is 16.1 Å². The fourth-order valence-electron chi connectivity index (χ4n) is 0.975. The SMILES string of the molecule is O=C(c1cnccc1C(F)(F)F)C(F)(F)Cl. The summed E-state index contributed by atoms with van der Waals surface area (Å²) in [5.41, 5.74) is -2.75. The first-order valence-corrected chi connectivity index (χ1v) is 4.14. The maximum atomic E-state index is 12.4. The van der Waals surface area contributed by atoms with E-state index in [0.29, 0.717) is 12.3 Å². The first-order valence-electron chi connectivity index (χ1n) is 3.77. The molecule has 0 bridgehead atoms. The summed E-state index contributed by atoms with van der Waals surface area (Å²) in [6, 6.07) is 0.426. The van der Waals surface area contributed by atoms with Gasteiger partial charge in [-0.25, -0.2) is 0 Å². The molecule has 88 valence electrons. The van der Waals surface area contributed by atoms with E-state index >= 15 is 0 Å². The van der Waals surface area contributed by atoms with Crippen molar-refractivity contribution in [3.05, 3.63) is 29.6 Å². The maximum absolute atomic E-state index is 12.4. The van der Waals surface area contributed by atoms with E-state index in [1.54, 1.807) is 0 Å². The minimum Gasteiger partial charge on any atom is -0.286 e. The lowest BCUT2D eigenvalue weighted by atomic mass is 10.1. The standard InChI is InChI=1S/C8H3ClF5NO/c9-7(10,11)6(16)4-3-15-2-1-5(4)8(12,13)14/h1-3H. The Morgan fingerprint density at radius 3 is 2.25 bits per heavy atom. The molecule has 1 rings (SSSR count). The van der Waals surface area contributed by atoms with Crippen LogP contribution in [-0.2, 0) is 6.18 Å². The molecule has 0 fully saturated rings. The number of alkyl halides is 6. The summed E-state index contributed by atoms with van der Waals surface area (Å²) >= 11 is 4.36. The van der Waals surface area contributed by atoms with Gasteiger partial charge in [0.05, 0.1) is 11.1 Å². The summed E-state index contributed by atoms with van der Waals surface area (Å²) in [4.78, 5) is 14.1. The first-order chi connectivity index (χ1) is 7.14.